The van der Waals surface area contributed by atoms with E-state index in [1.54, 1.807) is 11.6 Å². The van der Waals surface area contributed by atoms with Gasteiger partial charge in [-0.2, -0.15) is 5.10 Å². The normalized spacial score (nSPS) is 17.1. The van der Waals surface area contributed by atoms with E-state index in [-0.39, 0.29) is 29.5 Å². The van der Waals surface area contributed by atoms with Gasteiger partial charge in [-0.1, -0.05) is 11.6 Å². The van der Waals surface area contributed by atoms with E-state index in [9.17, 15) is 4.79 Å². The molecule has 1 aliphatic heterocycles. The molecule has 1 saturated heterocycles. The van der Waals surface area contributed by atoms with Crippen molar-refractivity contribution in [3.63, 3.8) is 0 Å². The Bertz CT molecular complexity index is 1150. The Morgan fingerprint density at radius 2 is 2.27 bits per heavy atom. The van der Waals surface area contributed by atoms with Gasteiger partial charge in [0.15, 0.2) is 11.5 Å². The van der Waals surface area contributed by atoms with E-state index in [4.69, 9.17) is 26.8 Å². The first-order valence-electron chi connectivity index (χ1n) is 9.36. The van der Waals surface area contributed by atoms with Crippen molar-refractivity contribution in [2.45, 2.75) is 32.9 Å². The fourth-order valence-electron chi connectivity index (χ4n) is 3.69. The van der Waals surface area contributed by atoms with Gasteiger partial charge in [0.2, 0.25) is 0 Å². The van der Waals surface area contributed by atoms with Gasteiger partial charge < -0.3 is 20.5 Å². The molecule has 0 unspecified atom stereocenters. The van der Waals surface area contributed by atoms with E-state index in [1.165, 1.54) is 12.4 Å². The number of rotatable bonds is 5. The number of nitrogens with two attached hydrogens (primary N) is 1. The molecule has 2 atom stereocenters. The minimum Gasteiger partial charge on any atom is -0.493 e. The van der Waals surface area contributed by atoms with E-state index < -0.39 is 24.0 Å². The number of carbonyl (C=O) groups excluding carboxylic acids is 1. The molecule has 9 nitrogen and oxygen atoms in total. The molecule has 4 rings (SSSR count). The smallest absolute Gasteiger partial charge is 0.407 e. The lowest BCUT2D eigenvalue weighted by Gasteiger charge is -2.23. The van der Waals surface area contributed by atoms with E-state index in [2.05, 4.69) is 20.4 Å². The highest BCUT2D eigenvalue weighted by Gasteiger charge is 2.34. The van der Waals surface area contributed by atoms with Crippen LogP contribution in [-0.2, 0) is 4.74 Å². The Morgan fingerprint density at radius 3 is 2.93 bits per heavy atom. The molecule has 30 heavy (non-hydrogen) atoms. The number of nitrogens with zero attached hydrogens (tertiary/aromatic N) is 4. The van der Waals surface area contributed by atoms with Crippen LogP contribution >= 0.6 is 11.6 Å². The van der Waals surface area contributed by atoms with Gasteiger partial charge in [0.1, 0.15) is 24.5 Å². The van der Waals surface area contributed by atoms with Gasteiger partial charge in [0.25, 0.3) is 0 Å². The molecule has 1 fully saturated rings. The number of fused-ring (bicyclic) bond motifs is 1. The number of anilines is 1. The number of hydrogen-bond donors (Lipinski definition) is 2. The first-order chi connectivity index (χ1) is 14.3. The quantitative estimate of drug-likeness (QED) is 0.632. The SMILES string of the molecule is CCOc1c([C@@H](C)n2nc(C)c3c(N)ncnc32)cc(Cl)c(F)c1[C@@H]1COC(=O)N1. The van der Waals surface area contributed by atoms with Crippen LogP contribution in [0.3, 0.4) is 0 Å². The Hall–Kier alpha value is -3.14. The van der Waals surface area contributed by atoms with Gasteiger partial charge in [0.05, 0.1) is 40.4 Å². The Balaban J connectivity index is 1.91. The van der Waals surface area contributed by atoms with E-state index in [1.807, 2.05) is 13.8 Å². The molecule has 1 amide bonds. The zero-order valence-electron chi connectivity index (χ0n) is 16.6. The van der Waals surface area contributed by atoms with Crippen LogP contribution in [0.1, 0.15) is 42.8 Å². The molecule has 11 heteroatoms. The Morgan fingerprint density at radius 1 is 1.50 bits per heavy atom. The highest BCUT2D eigenvalue weighted by atomic mass is 35.5. The topological polar surface area (TPSA) is 117 Å². The average Bonchev–Trinajstić information content (AvgIpc) is 3.28. The van der Waals surface area contributed by atoms with Crippen LogP contribution in [-0.4, -0.2) is 39.1 Å². The summed E-state index contributed by atoms with van der Waals surface area (Å²) in [6.45, 7) is 5.71. The predicted molar refractivity (Wildman–Crippen MR) is 108 cm³/mol. The number of alkyl carbamates (subject to hydrolysis) is 1. The number of hydrogen-bond acceptors (Lipinski definition) is 7. The molecular weight excluding hydrogens is 415 g/mol. The van der Waals surface area contributed by atoms with Gasteiger partial charge in [-0.25, -0.2) is 23.8 Å². The lowest BCUT2D eigenvalue weighted by Crippen LogP contribution is -2.22. The van der Waals surface area contributed by atoms with Crippen LogP contribution in [0, 0.1) is 12.7 Å². The van der Waals surface area contributed by atoms with Crippen molar-refractivity contribution in [3.05, 3.63) is 40.1 Å². The van der Waals surface area contributed by atoms with Gasteiger partial charge in [0, 0.05) is 5.56 Å². The lowest BCUT2D eigenvalue weighted by molar-refractivity contribution is 0.176. The third-order valence-corrected chi connectivity index (χ3v) is 5.33. The van der Waals surface area contributed by atoms with Crippen molar-refractivity contribution in [3.8, 4) is 5.75 Å². The number of aromatic nitrogens is 4. The molecule has 0 spiro atoms. The van der Waals surface area contributed by atoms with Crippen LogP contribution in [0.2, 0.25) is 5.02 Å². The minimum atomic E-state index is -0.724. The molecular formula is C19H20ClFN6O3. The summed E-state index contributed by atoms with van der Waals surface area (Å²) >= 11 is 6.23. The summed E-state index contributed by atoms with van der Waals surface area (Å²) in [6.07, 6.45) is 0.734. The van der Waals surface area contributed by atoms with Crippen molar-refractivity contribution in [1.82, 2.24) is 25.1 Å². The number of ether oxygens (including phenoxy) is 2. The fourth-order valence-corrected chi connectivity index (χ4v) is 3.91. The number of nitrogen functional groups attached to an aromatic ring is 1. The highest BCUT2D eigenvalue weighted by molar-refractivity contribution is 6.31. The van der Waals surface area contributed by atoms with Crippen LogP contribution in [0.15, 0.2) is 12.4 Å². The van der Waals surface area contributed by atoms with Crippen molar-refractivity contribution < 1.29 is 18.7 Å². The maximum absolute atomic E-state index is 15.0. The number of amides is 1. The summed E-state index contributed by atoms with van der Waals surface area (Å²) in [6, 6.07) is 0.339. The summed E-state index contributed by atoms with van der Waals surface area (Å²) in [5.41, 5.74) is 7.92. The summed E-state index contributed by atoms with van der Waals surface area (Å²) < 4.78 is 27.5. The zero-order chi connectivity index (χ0) is 21.6. The van der Waals surface area contributed by atoms with E-state index in [0.29, 0.717) is 28.1 Å². The second-order valence-electron chi connectivity index (χ2n) is 6.90. The second kappa shape index (κ2) is 7.60. The Kier molecular flexibility index (Phi) is 5.10. The maximum Gasteiger partial charge on any atom is 0.407 e. The van der Waals surface area contributed by atoms with Crippen molar-refractivity contribution in [2.24, 2.45) is 0 Å². The molecule has 0 bridgehead atoms. The highest BCUT2D eigenvalue weighted by Crippen LogP contribution is 2.41. The summed E-state index contributed by atoms with van der Waals surface area (Å²) in [5, 5.41) is 7.70. The minimum absolute atomic E-state index is 0.0302. The largest absolute Gasteiger partial charge is 0.493 e. The molecule has 3 aromatic rings. The van der Waals surface area contributed by atoms with Crippen molar-refractivity contribution >= 4 is 34.5 Å². The number of carbonyl (C=O) groups is 1. The molecule has 0 aliphatic carbocycles. The molecule has 0 radical (unpaired) electrons. The number of aryl methyl sites for hydroxylation is 1. The van der Waals surface area contributed by atoms with Gasteiger partial charge >= 0.3 is 6.09 Å². The number of nitrogens with one attached hydrogen (secondary N) is 1. The number of cyclic esters (lactones) is 1. The monoisotopic (exact) mass is 434 g/mol. The summed E-state index contributed by atoms with van der Waals surface area (Å²) in [5.74, 6) is -0.0596. The first kappa shape index (κ1) is 20.1. The van der Waals surface area contributed by atoms with Crippen LogP contribution in [0.25, 0.3) is 11.0 Å². The lowest BCUT2D eigenvalue weighted by atomic mass is 9.98. The first-order valence-corrected chi connectivity index (χ1v) is 9.74. The third kappa shape index (κ3) is 3.17. The van der Waals surface area contributed by atoms with Crippen molar-refractivity contribution in [1.29, 1.82) is 0 Å². The van der Waals surface area contributed by atoms with Crippen molar-refractivity contribution in [2.75, 3.05) is 18.9 Å². The molecule has 3 N–H and O–H groups in total. The molecule has 0 saturated carbocycles. The van der Waals surface area contributed by atoms with E-state index in [0.717, 1.165) is 0 Å². The van der Waals surface area contributed by atoms with E-state index >= 15 is 4.39 Å². The zero-order valence-corrected chi connectivity index (χ0v) is 17.3. The van der Waals surface area contributed by atoms with Crippen LogP contribution in [0.5, 0.6) is 5.75 Å². The second-order valence-corrected chi connectivity index (χ2v) is 7.30. The molecule has 3 heterocycles. The number of halogens is 2. The maximum atomic E-state index is 15.0. The summed E-state index contributed by atoms with van der Waals surface area (Å²) in [4.78, 5) is 19.9. The van der Waals surface area contributed by atoms with Crippen LogP contribution in [0.4, 0.5) is 15.0 Å². The fraction of sp³-hybridized carbons (Fsp3) is 0.368. The average molecular weight is 435 g/mol. The molecule has 2 aromatic heterocycles. The summed E-state index contributed by atoms with van der Waals surface area (Å²) in [7, 11) is 0. The predicted octanol–water partition coefficient (Wildman–Crippen LogP) is 3.30. The van der Waals surface area contributed by atoms with Crippen LogP contribution < -0.4 is 15.8 Å². The number of benzene rings is 1. The molecule has 158 valence electrons. The molecule has 1 aromatic carbocycles. The van der Waals surface area contributed by atoms with Gasteiger partial charge in [-0.05, 0) is 26.8 Å². The van der Waals surface area contributed by atoms with Gasteiger partial charge in [-0.3, -0.25) is 0 Å². The Labute approximate surface area is 176 Å². The molecule has 1 aliphatic rings. The third-order valence-electron chi connectivity index (χ3n) is 5.06. The van der Waals surface area contributed by atoms with Gasteiger partial charge in [-0.15, -0.1) is 0 Å². The standard InChI is InChI=1S/C19H20ClFN6O3/c1-4-29-16-10(5-11(20)15(21)14(16)12-6-30-19(28)25-12)9(3)27-18-13(8(2)26-27)17(22)23-7-24-18/h5,7,9,12H,4,6H2,1-3H3,(H,25,28)(H2,22,23,24)/t9-,12+/m1/s1.